The number of fused-ring (bicyclic) bond motifs is 1. The molecule has 0 bridgehead atoms. The molecule has 1 aromatic heterocycles. The van der Waals surface area contributed by atoms with Crippen LogP contribution in [0.4, 0.5) is 0 Å². The maximum atomic E-state index is 10.7. The van der Waals surface area contributed by atoms with Gasteiger partial charge in [0.15, 0.2) is 0 Å². The van der Waals surface area contributed by atoms with Gasteiger partial charge in [0, 0.05) is 41.2 Å². The van der Waals surface area contributed by atoms with Crippen LogP contribution in [-0.2, 0) is 4.79 Å². The van der Waals surface area contributed by atoms with E-state index in [2.05, 4.69) is 0 Å². The molecule has 1 fully saturated rings. The zero-order chi connectivity index (χ0) is 22.0. The van der Waals surface area contributed by atoms with Gasteiger partial charge in [-0.1, -0.05) is 42.5 Å². The van der Waals surface area contributed by atoms with Crippen molar-refractivity contribution in [1.82, 2.24) is 4.98 Å². The van der Waals surface area contributed by atoms with Crippen molar-refractivity contribution < 1.29 is 25.2 Å². The van der Waals surface area contributed by atoms with Gasteiger partial charge in [0.25, 0.3) is 0 Å². The van der Waals surface area contributed by atoms with Crippen LogP contribution in [0.15, 0.2) is 54.6 Å². The number of pyridine rings is 1. The number of rotatable bonds is 8. The van der Waals surface area contributed by atoms with E-state index in [9.17, 15) is 25.2 Å². The topological polar surface area (TPSA) is 114 Å². The molecule has 0 radical (unpaired) electrons. The first-order chi connectivity index (χ1) is 14.9. The van der Waals surface area contributed by atoms with Gasteiger partial charge in [0.1, 0.15) is 5.75 Å². The zero-order valence-corrected chi connectivity index (χ0v) is 19.9. The molecule has 2 atom stereocenters. The molecule has 3 N–H and O–H groups in total. The summed E-state index contributed by atoms with van der Waals surface area (Å²) in [5.74, 6) is -0.826. The summed E-state index contributed by atoms with van der Waals surface area (Å²) in [4.78, 5) is 15.6. The quantitative estimate of drug-likeness (QED) is 0.447. The van der Waals surface area contributed by atoms with Crippen molar-refractivity contribution in [2.75, 3.05) is 0 Å². The molecule has 0 spiro atoms. The predicted octanol–water partition coefficient (Wildman–Crippen LogP) is 2.37. The maximum Gasteiger partial charge on any atom is 2.00 e. The van der Waals surface area contributed by atoms with Crippen LogP contribution in [0.25, 0.3) is 28.1 Å². The van der Waals surface area contributed by atoms with E-state index in [1.807, 2.05) is 42.5 Å². The first-order valence-corrected chi connectivity index (χ1v) is 10.4. The molecular formula is C25H24CaNO5+. The smallest absolute Gasteiger partial charge is 0.550 e. The summed E-state index contributed by atoms with van der Waals surface area (Å²) >= 11 is 0. The zero-order valence-electron chi connectivity index (χ0n) is 17.6. The Hall–Kier alpha value is -1.96. The van der Waals surface area contributed by atoms with Gasteiger partial charge in [-0.3, -0.25) is 4.98 Å². The van der Waals surface area contributed by atoms with Crippen LogP contribution >= 0.6 is 0 Å². The van der Waals surface area contributed by atoms with Gasteiger partial charge in [-0.25, -0.2) is 0 Å². The summed E-state index contributed by atoms with van der Waals surface area (Å²) in [6.07, 6.45) is 2.67. The van der Waals surface area contributed by atoms with Crippen LogP contribution < -0.4 is 5.11 Å². The van der Waals surface area contributed by atoms with Crippen molar-refractivity contribution in [3.05, 3.63) is 65.9 Å². The molecule has 32 heavy (non-hydrogen) atoms. The molecule has 0 saturated heterocycles. The number of hydrogen-bond acceptors (Lipinski definition) is 6. The Labute approximate surface area is 216 Å². The standard InChI is InChI=1S/C25H25NO5.Ca/c27-17-9-7-15(8-10-17)24-20-3-1-2-4-22(20)26-25(16-5-6-16)21(24)12-11-18(28)13-19(29)14-23(30)31;/h1-4,7-12,16,18-19,27-29H,5-6,13-14H2,(H,30,31);/q;+2/p-1/b12-11+;/t18-,19+;/m0./s1. The molecule has 0 amide bonds. The molecule has 160 valence electrons. The summed E-state index contributed by atoms with van der Waals surface area (Å²) in [7, 11) is 0. The summed E-state index contributed by atoms with van der Waals surface area (Å²) in [6, 6.07) is 14.9. The van der Waals surface area contributed by atoms with E-state index in [1.165, 1.54) is 0 Å². The monoisotopic (exact) mass is 458 g/mol. The third kappa shape index (κ3) is 5.88. The fraction of sp³-hybridized carbons (Fsp3) is 0.280. The second kappa shape index (κ2) is 10.8. The normalized spacial score (nSPS) is 15.4. The van der Waals surface area contributed by atoms with Crippen molar-refractivity contribution in [2.24, 2.45) is 0 Å². The van der Waals surface area contributed by atoms with Crippen molar-refractivity contribution >= 4 is 60.7 Å². The number of aliphatic carboxylic acids is 1. The number of carbonyl (C=O) groups is 1. The van der Waals surface area contributed by atoms with Crippen LogP contribution in [0.5, 0.6) is 5.75 Å². The summed E-state index contributed by atoms with van der Waals surface area (Å²) in [5, 5.41) is 41.5. The number of aliphatic hydroxyl groups excluding tert-OH is 2. The van der Waals surface area contributed by atoms with E-state index >= 15 is 0 Å². The molecule has 6 nitrogen and oxygen atoms in total. The fourth-order valence-electron chi connectivity index (χ4n) is 3.86. The first kappa shape index (κ1) is 24.7. The van der Waals surface area contributed by atoms with Crippen LogP contribution in [0.2, 0.25) is 0 Å². The molecule has 7 heteroatoms. The van der Waals surface area contributed by atoms with Gasteiger partial charge in [0.2, 0.25) is 0 Å². The Morgan fingerprint density at radius 1 is 1.12 bits per heavy atom. The average molecular weight is 459 g/mol. The molecule has 0 unspecified atom stereocenters. The van der Waals surface area contributed by atoms with Crippen LogP contribution in [0, 0.1) is 0 Å². The van der Waals surface area contributed by atoms with E-state index < -0.39 is 24.6 Å². The van der Waals surface area contributed by atoms with E-state index in [0.717, 1.165) is 46.1 Å². The maximum absolute atomic E-state index is 10.7. The number of phenols is 1. The number of aliphatic hydroxyl groups is 2. The number of para-hydroxylation sites is 1. The van der Waals surface area contributed by atoms with Gasteiger partial charge in [-0.05, 0) is 36.6 Å². The SMILES string of the molecule is O=C([O-])C[C@H](O)C[C@@H](O)/C=C/c1c(C2CC2)nc2ccccc2c1-c1ccc(O)cc1.[Ca+2]. The van der Waals surface area contributed by atoms with Crippen LogP contribution in [-0.4, -0.2) is 76.2 Å². The second-order valence-corrected chi connectivity index (χ2v) is 8.02. The minimum atomic E-state index is -1.35. The first-order valence-electron chi connectivity index (χ1n) is 10.4. The number of aromatic hydroxyl groups is 1. The van der Waals surface area contributed by atoms with Gasteiger partial charge in [-0.15, -0.1) is 0 Å². The molecule has 3 aromatic rings. The molecule has 1 saturated carbocycles. The van der Waals surface area contributed by atoms with Crippen molar-refractivity contribution in [1.29, 1.82) is 0 Å². The number of hydrogen-bond donors (Lipinski definition) is 3. The molecule has 0 aliphatic heterocycles. The Kier molecular flexibility index (Phi) is 8.31. The Morgan fingerprint density at radius 3 is 2.47 bits per heavy atom. The number of carbonyl (C=O) groups excluding carboxylic acids is 1. The Morgan fingerprint density at radius 2 is 1.81 bits per heavy atom. The second-order valence-electron chi connectivity index (χ2n) is 8.02. The molecule has 1 heterocycles. The van der Waals surface area contributed by atoms with Gasteiger partial charge >= 0.3 is 37.7 Å². The van der Waals surface area contributed by atoms with E-state index in [0.29, 0.717) is 5.92 Å². The summed E-state index contributed by atoms with van der Waals surface area (Å²) in [5.41, 5.74) is 4.62. The number of benzene rings is 2. The Balaban J connectivity index is 0.00000289. The third-order valence-electron chi connectivity index (χ3n) is 5.48. The molecule has 2 aromatic carbocycles. The van der Waals surface area contributed by atoms with Gasteiger partial charge < -0.3 is 25.2 Å². The van der Waals surface area contributed by atoms with E-state index in [1.54, 1.807) is 18.2 Å². The third-order valence-corrected chi connectivity index (χ3v) is 5.48. The largest absolute Gasteiger partial charge is 2.00 e. The van der Waals surface area contributed by atoms with E-state index in [4.69, 9.17) is 4.98 Å². The molecular weight excluding hydrogens is 434 g/mol. The predicted molar refractivity (Wildman–Crippen MR) is 122 cm³/mol. The van der Waals surface area contributed by atoms with Crippen molar-refractivity contribution in [3.63, 3.8) is 0 Å². The number of phenolic OH excluding ortho intramolecular Hbond substituents is 1. The van der Waals surface area contributed by atoms with Crippen molar-refractivity contribution in [3.8, 4) is 16.9 Å². The molecule has 1 aliphatic carbocycles. The number of aromatic nitrogens is 1. The summed E-state index contributed by atoms with van der Waals surface area (Å²) in [6.45, 7) is 0. The fourth-order valence-corrected chi connectivity index (χ4v) is 3.86. The summed E-state index contributed by atoms with van der Waals surface area (Å²) < 4.78 is 0. The van der Waals surface area contributed by atoms with Crippen LogP contribution in [0.1, 0.15) is 42.9 Å². The minimum absolute atomic E-state index is 0. The van der Waals surface area contributed by atoms with Gasteiger partial charge in [0.05, 0.1) is 23.4 Å². The number of nitrogens with zero attached hydrogens (tertiary/aromatic N) is 1. The van der Waals surface area contributed by atoms with Crippen LogP contribution in [0.3, 0.4) is 0 Å². The minimum Gasteiger partial charge on any atom is -0.550 e. The number of carboxylic acids is 1. The van der Waals surface area contributed by atoms with E-state index in [-0.39, 0.29) is 49.9 Å². The van der Waals surface area contributed by atoms with Crippen molar-refractivity contribution in [2.45, 2.75) is 43.8 Å². The number of carboxylic acid groups (broad SMARTS) is 1. The average Bonchev–Trinajstić information content (AvgIpc) is 3.56. The Bertz CT molecular complexity index is 1130. The molecule has 4 rings (SSSR count). The van der Waals surface area contributed by atoms with Gasteiger partial charge in [-0.2, -0.15) is 0 Å². The molecule has 1 aliphatic rings.